The van der Waals surface area contributed by atoms with Gasteiger partial charge in [0.25, 0.3) is 5.91 Å². The number of carbonyl (C=O) groups is 1. The Morgan fingerprint density at radius 3 is 2.95 bits per heavy atom. The second kappa shape index (κ2) is 6.87. The lowest BCUT2D eigenvalue weighted by Gasteiger charge is -2.21. The van der Waals surface area contributed by atoms with Crippen molar-refractivity contribution in [3.63, 3.8) is 0 Å². The van der Waals surface area contributed by atoms with Crippen LogP contribution in [0.2, 0.25) is 0 Å². The number of alkyl halides is 1. The van der Waals surface area contributed by atoms with Gasteiger partial charge < -0.3 is 9.80 Å². The molecule has 104 valence electrons. The topological polar surface area (TPSA) is 36.4 Å². The molecule has 0 bridgehead atoms. The van der Waals surface area contributed by atoms with Gasteiger partial charge in [0.2, 0.25) is 0 Å². The van der Waals surface area contributed by atoms with E-state index in [1.807, 2.05) is 17.9 Å². The fourth-order valence-corrected chi connectivity index (χ4v) is 2.62. The average Bonchev–Trinajstić information content (AvgIpc) is 2.64. The number of pyridine rings is 1. The molecule has 0 radical (unpaired) electrons. The van der Waals surface area contributed by atoms with Crippen molar-refractivity contribution in [2.75, 3.05) is 38.6 Å². The minimum atomic E-state index is 0.109. The Morgan fingerprint density at radius 1 is 1.37 bits per heavy atom. The molecule has 2 heterocycles. The van der Waals surface area contributed by atoms with E-state index in [0.29, 0.717) is 5.88 Å². The number of rotatable bonds is 3. The Balaban J connectivity index is 2.00. The first kappa shape index (κ1) is 14.3. The highest BCUT2D eigenvalue weighted by Gasteiger charge is 2.20. The Bertz CT molecular complexity index is 438. The molecule has 5 heteroatoms. The lowest BCUT2D eigenvalue weighted by molar-refractivity contribution is 0.0761. The van der Waals surface area contributed by atoms with Crippen molar-refractivity contribution in [1.29, 1.82) is 0 Å². The summed E-state index contributed by atoms with van der Waals surface area (Å²) in [7, 11) is 0. The lowest BCUT2D eigenvalue weighted by atomic mass is 10.2. The molecule has 1 aliphatic heterocycles. The van der Waals surface area contributed by atoms with Crippen LogP contribution in [-0.4, -0.2) is 59.3 Å². The van der Waals surface area contributed by atoms with Gasteiger partial charge in [0, 0.05) is 49.5 Å². The monoisotopic (exact) mass is 281 g/mol. The summed E-state index contributed by atoms with van der Waals surface area (Å²) in [5.74, 6) is 0.760. The van der Waals surface area contributed by atoms with Gasteiger partial charge in [-0.25, -0.2) is 0 Å². The maximum atomic E-state index is 12.4. The van der Waals surface area contributed by atoms with Gasteiger partial charge in [0.15, 0.2) is 0 Å². The zero-order chi connectivity index (χ0) is 13.7. The van der Waals surface area contributed by atoms with Crippen molar-refractivity contribution in [3.8, 4) is 0 Å². The van der Waals surface area contributed by atoms with Crippen LogP contribution in [0.15, 0.2) is 18.3 Å². The number of hydrogen-bond acceptors (Lipinski definition) is 3. The zero-order valence-corrected chi connectivity index (χ0v) is 12.1. The highest BCUT2D eigenvalue weighted by atomic mass is 35.5. The molecule has 0 saturated carbocycles. The van der Waals surface area contributed by atoms with E-state index in [4.69, 9.17) is 11.6 Å². The van der Waals surface area contributed by atoms with E-state index in [0.717, 1.165) is 50.4 Å². The van der Waals surface area contributed by atoms with Crippen LogP contribution in [0.4, 0.5) is 0 Å². The predicted octanol–water partition coefficient (Wildman–Crippen LogP) is 1.78. The first-order valence-electron chi connectivity index (χ1n) is 6.71. The minimum Gasteiger partial charge on any atom is -0.337 e. The Kier molecular flexibility index (Phi) is 5.16. The molecule has 1 amide bonds. The standard InChI is InChI=1S/C14H20ClN3O/c1-12-11-13(3-5-16-12)14(19)18-7-2-6-17(8-4-15)9-10-18/h3,5,11H,2,4,6-10H2,1H3. The molecule has 1 fully saturated rings. The fourth-order valence-electron chi connectivity index (χ4n) is 2.38. The van der Waals surface area contributed by atoms with E-state index in [1.54, 1.807) is 12.3 Å². The van der Waals surface area contributed by atoms with Gasteiger partial charge in [0.05, 0.1) is 0 Å². The second-order valence-corrected chi connectivity index (χ2v) is 5.24. The molecule has 1 aromatic heterocycles. The Morgan fingerprint density at radius 2 is 2.21 bits per heavy atom. The Labute approximate surface area is 119 Å². The summed E-state index contributed by atoms with van der Waals surface area (Å²) in [6.07, 6.45) is 2.70. The summed E-state index contributed by atoms with van der Waals surface area (Å²) < 4.78 is 0. The molecular weight excluding hydrogens is 262 g/mol. The van der Waals surface area contributed by atoms with E-state index in [1.165, 1.54) is 0 Å². The van der Waals surface area contributed by atoms with Gasteiger partial charge in [-0.2, -0.15) is 0 Å². The maximum absolute atomic E-state index is 12.4. The van der Waals surface area contributed by atoms with Crippen molar-refractivity contribution in [3.05, 3.63) is 29.6 Å². The summed E-state index contributed by atoms with van der Waals surface area (Å²) in [4.78, 5) is 20.8. The van der Waals surface area contributed by atoms with Crippen LogP contribution >= 0.6 is 11.6 Å². The van der Waals surface area contributed by atoms with E-state index in [-0.39, 0.29) is 5.91 Å². The van der Waals surface area contributed by atoms with Gasteiger partial charge >= 0.3 is 0 Å². The van der Waals surface area contributed by atoms with Crippen LogP contribution in [-0.2, 0) is 0 Å². The summed E-state index contributed by atoms with van der Waals surface area (Å²) in [5, 5.41) is 0. The minimum absolute atomic E-state index is 0.109. The van der Waals surface area contributed by atoms with E-state index in [9.17, 15) is 4.79 Å². The predicted molar refractivity (Wildman–Crippen MR) is 76.7 cm³/mol. The first-order valence-corrected chi connectivity index (χ1v) is 7.24. The largest absolute Gasteiger partial charge is 0.337 e. The molecule has 0 spiro atoms. The quantitative estimate of drug-likeness (QED) is 0.793. The van der Waals surface area contributed by atoms with Gasteiger partial charge in [-0.05, 0) is 32.0 Å². The molecule has 0 aliphatic carbocycles. The zero-order valence-electron chi connectivity index (χ0n) is 11.3. The number of aromatic nitrogens is 1. The molecule has 0 unspecified atom stereocenters. The van der Waals surface area contributed by atoms with Crippen LogP contribution in [0.25, 0.3) is 0 Å². The summed E-state index contributed by atoms with van der Waals surface area (Å²) in [6, 6.07) is 3.64. The van der Waals surface area contributed by atoms with Crippen LogP contribution < -0.4 is 0 Å². The molecule has 0 N–H and O–H groups in total. The SMILES string of the molecule is Cc1cc(C(=O)N2CCCN(CCCl)CC2)ccn1. The third-order valence-electron chi connectivity index (χ3n) is 3.42. The van der Waals surface area contributed by atoms with Crippen molar-refractivity contribution in [1.82, 2.24) is 14.8 Å². The second-order valence-electron chi connectivity index (χ2n) is 4.86. The highest BCUT2D eigenvalue weighted by Crippen LogP contribution is 2.10. The number of carbonyl (C=O) groups excluding carboxylic acids is 1. The van der Waals surface area contributed by atoms with E-state index in [2.05, 4.69) is 9.88 Å². The molecule has 0 atom stereocenters. The molecular formula is C14H20ClN3O. The van der Waals surface area contributed by atoms with E-state index >= 15 is 0 Å². The van der Waals surface area contributed by atoms with Crippen LogP contribution in [0.3, 0.4) is 0 Å². The van der Waals surface area contributed by atoms with Crippen molar-refractivity contribution >= 4 is 17.5 Å². The van der Waals surface area contributed by atoms with Gasteiger partial charge in [-0.3, -0.25) is 9.78 Å². The number of nitrogens with zero attached hydrogens (tertiary/aromatic N) is 3. The van der Waals surface area contributed by atoms with Gasteiger partial charge in [0.1, 0.15) is 0 Å². The first-order chi connectivity index (χ1) is 9.20. The maximum Gasteiger partial charge on any atom is 0.254 e. The normalized spacial score (nSPS) is 17.3. The van der Waals surface area contributed by atoms with Gasteiger partial charge in [-0.15, -0.1) is 11.6 Å². The highest BCUT2D eigenvalue weighted by molar-refractivity contribution is 6.18. The molecule has 19 heavy (non-hydrogen) atoms. The third-order valence-corrected chi connectivity index (χ3v) is 3.59. The van der Waals surface area contributed by atoms with Crippen molar-refractivity contribution in [2.24, 2.45) is 0 Å². The average molecular weight is 282 g/mol. The molecule has 1 saturated heterocycles. The number of hydrogen-bond donors (Lipinski definition) is 0. The fraction of sp³-hybridized carbons (Fsp3) is 0.571. The number of halogens is 1. The van der Waals surface area contributed by atoms with Crippen LogP contribution in [0.5, 0.6) is 0 Å². The summed E-state index contributed by atoms with van der Waals surface area (Å²) >= 11 is 5.77. The summed E-state index contributed by atoms with van der Waals surface area (Å²) in [5.41, 5.74) is 1.61. The molecule has 0 aromatic carbocycles. The molecule has 2 rings (SSSR count). The Hall–Kier alpha value is -1.13. The third kappa shape index (κ3) is 3.91. The van der Waals surface area contributed by atoms with Crippen LogP contribution in [0.1, 0.15) is 22.5 Å². The van der Waals surface area contributed by atoms with Crippen molar-refractivity contribution in [2.45, 2.75) is 13.3 Å². The molecule has 4 nitrogen and oxygen atoms in total. The molecule has 1 aromatic rings. The van der Waals surface area contributed by atoms with Gasteiger partial charge in [-0.1, -0.05) is 0 Å². The number of aryl methyl sites for hydroxylation is 1. The molecule has 1 aliphatic rings. The summed E-state index contributed by atoms with van der Waals surface area (Å²) in [6.45, 7) is 6.32. The van der Waals surface area contributed by atoms with E-state index < -0.39 is 0 Å². The van der Waals surface area contributed by atoms with Crippen LogP contribution in [0, 0.1) is 6.92 Å². The number of amides is 1. The van der Waals surface area contributed by atoms with Crippen molar-refractivity contribution < 1.29 is 4.79 Å². The lowest BCUT2D eigenvalue weighted by Crippen LogP contribution is -2.35. The smallest absolute Gasteiger partial charge is 0.254 e.